The van der Waals surface area contributed by atoms with Crippen LogP contribution in [0, 0.1) is 5.41 Å². The van der Waals surface area contributed by atoms with Crippen molar-refractivity contribution in [3.63, 3.8) is 0 Å². The van der Waals surface area contributed by atoms with E-state index in [1.54, 1.807) is 43.1 Å². The van der Waals surface area contributed by atoms with Gasteiger partial charge in [-0.3, -0.25) is 14.4 Å². The van der Waals surface area contributed by atoms with Gasteiger partial charge in [0.1, 0.15) is 5.75 Å². The van der Waals surface area contributed by atoms with Gasteiger partial charge in [0.05, 0.1) is 18.2 Å². The highest BCUT2D eigenvalue weighted by Gasteiger charge is 2.56. The number of ether oxygens (including phenoxy) is 1. The number of likely N-dealkylation sites (tertiary alicyclic amines) is 1. The van der Waals surface area contributed by atoms with Crippen molar-refractivity contribution in [2.75, 3.05) is 48.4 Å². The van der Waals surface area contributed by atoms with Crippen molar-refractivity contribution in [3.8, 4) is 17.0 Å². The van der Waals surface area contributed by atoms with E-state index in [9.17, 15) is 22.8 Å². The van der Waals surface area contributed by atoms with Crippen molar-refractivity contribution in [2.24, 2.45) is 5.41 Å². The normalized spacial score (nSPS) is 21.4. The first-order chi connectivity index (χ1) is 21.8. The maximum Gasteiger partial charge on any atom is 0.303 e. The van der Waals surface area contributed by atoms with Gasteiger partial charge in [-0.2, -0.15) is 12.7 Å². The lowest BCUT2D eigenvalue weighted by molar-refractivity contribution is -0.141. The summed E-state index contributed by atoms with van der Waals surface area (Å²) < 4.78 is 36.1. The van der Waals surface area contributed by atoms with Crippen LogP contribution < -0.4 is 9.46 Å². The van der Waals surface area contributed by atoms with Crippen LogP contribution in [0.5, 0.6) is 5.75 Å². The van der Waals surface area contributed by atoms with Gasteiger partial charge in [0.2, 0.25) is 11.8 Å². The van der Waals surface area contributed by atoms with Crippen LogP contribution in [0.2, 0.25) is 0 Å². The third-order valence-electron chi connectivity index (χ3n) is 10.2. The third kappa shape index (κ3) is 5.15. The number of amides is 3. The van der Waals surface area contributed by atoms with Crippen molar-refractivity contribution in [3.05, 3.63) is 53.1 Å². The first-order valence-corrected chi connectivity index (χ1v) is 17.3. The summed E-state index contributed by atoms with van der Waals surface area (Å²) >= 11 is 0. The molecule has 0 spiro atoms. The van der Waals surface area contributed by atoms with Crippen LogP contribution in [0.1, 0.15) is 72.3 Å². The fourth-order valence-corrected chi connectivity index (χ4v) is 8.47. The molecule has 3 aromatic rings. The van der Waals surface area contributed by atoms with E-state index >= 15 is 0 Å². The molecule has 0 radical (unpaired) electrons. The first-order valence-electron chi connectivity index (χ1n) is 15.9. The number of nitrogens with one attached hydrogen (secondary N) is 1. The number of fused-ring (bicyclic) bond motifs is 7. The van der Waals surface area contributed by atoms with Gasteiger partial charge in [-0.25, -0.2) is 4.72 Å². The van der Waals surface area contributed by atoms with Crippen molar-refractivity contribution >= 4 is 38.8 Å². The average molecular weight is 650 g/mol. The van der Waals surface area contributed by atoms with Gasteiger partial charge in [-0.15, -0.1) is 0 Å². The Labute approximate surface area is 270 Å². The summed E-state index contributed by atoms with van der Waals surface area (Å²) in [4.78, 5) is 44.0. The quantitative estimate of drug-likeness (QED) is 0.432. The van der Waals surface area contributed by atoms with E-state index in [0.29, 0.717) is 12.3 Å². The van der Waals surface area contributed by atoms with E-state index < -0.39 is 21.5 Å². The molecule has 46 heavy (non-hydrogen) atoms. The second-order valence-corrected chi connectivity index (χ2v) is 15.3. The Morgan fingerprint density at radius 2 is 1.70 bits per heavy atom. The molecule has 2 unspecified atom stereocenters. The molecule has 1 saturated carbocycles. The first kappa shape index (κ1) is 32.1. The standard InChI is InChI=1S/C34H43N5O6S/c1-21(40)38-18-28-27-17-24(45-6)13-15-25(27)31-30(22-10-8-7-9-11-22)26-14-12-23(32(41)35-46(43,44)37(4)5)16-29(26)39(31)20-34(28,19-38)33(42)36(2)3/h12-17,22,28H,7-11,18-20H2,1-6H3,(H,35,41). The maximum atomic E-state index is 14.4. The summed E-state index contributed by atoms with van der Waals surface area (Å²) in [6.45, 7) is 2.47. The average Bonchev–Trinajstić information content (AvgIpc) is 3.54. The van der Waals surface area contributed by atoms with Gasteiger partial charge >= 0.3 is 10.2 Å². The van der Waals surface area contributed by atoms with Gasteiger partial charge in [0.15, 0.2) is 0 Å². The molecule has 2 fully saturated rings. The molecule has 3 heterocycles. The zero-order valence-electron chi connectivity index (χ0n) is 27.4. The van der Waals surface area contributed by atoms with Crippen molar-refractivity contribution in [1.82, 2.24) is 23.4 Å². The minimum absolute atomic E-state index is 0.0742. The number of hydrogen-bond acceptors (Lipinski definition) is 6. The van der Waals surface area contributed by atoms with Crippen LogP contribution in [-0.2, 0) is 26.3 Å². The summed E-state index contributed by atoms with van der Waals surface area (Å²) in [7, 11) is 3.83. The number of hydrogen-bond donors (Lipinski definition) is 1. The molecule has 0 bridgehead atoms. The van der Waals surface area contributed by atoms with Gasteiger partial charge < -0.3 is 19.1 Å². The number of methoxy groups -OCH3 is 1. The van der Waals surface area contributed by atoms with Crippen LogP contribution in [0.4, 0.5) is 0 Å². The Balaban J connectivity index is 1.67. The molecule has 246 valence electrons. The summed E-state index contributed by atoms with van der Waals surface area (Å²) in [5.74, 6) is -0.244. The largest absolute Gasteiger partial charge is 0.497 e. The molecule has 1 aliphatic carbocycles. The van der Waals surface area contributed by atoms with Crippen molar-refractivity contribution < 1.29 is 27.5 Å². The van der Waals surface area contributed by atoms with Crippen molar-refractivity contribution in [1.29, 1.82) is 0 Å². The Bertz CT molecular complexity index is 1840. The molecule has 3 amide bonds. The van der Waals surface area contributed by atoms with Gasteiger partial charge in [0.25, 0.3) is 5.91 Å². The topological polar surface area (TPSA) is 121 Å². The molecular weight excluding hydrogens is 606 g/mol. The van der Waals surface area contributed by atoms with E-state index in [4.69, 9.17) is 4.74 Å². The van der Waals surface area contributed by atoms with Gasteiger partial charge in [-0.1, -0.05) is 25.3 Å². The molecule has 2 aliphatic heterocycles. The van der Waals surface area contributed by atoms with Crippen LogP contribution in [-0.4, -0.2) is 93.2 Å². The monoisotopic (exact) mass is 649 g/mol. The molecule has 3 aliphatic rings. The SMILES string of the molecule is COc1ccc2c(c1)C1CN(C(C)=O)CC1(C(=O)N(C)C)Cn1c-2c(C2CCCCC2)c2ccc(C(=O)NS(=O)(=O)N(C)C)cc21. The lowest BCUT2D eigenvalue weighted by Crippen LogP contribution is -2.47. The van der Waals surface area contributed by atoms with Crippen LogP contribution in [0.15, 0.2) is 36.4 Å². The van der Waals surface area contributed by atoms with Crippen LogP contribution in [0.25, 0.3) is 22.2 Å². The maximum absolute atomic E-state index is 14.4. The second-order valence-electron chi connectivity index (χ2n) is 13.4. The summed E-state index contributed by atoms with van der Waals surface area (Å²) in [6.07, 6.45) is 5.49. The van der Waals surface area contributed by atoms with E-state index in [1.807, 2.05) is 18.2 Å². The third-order valence-corrected chi connectivity index (χ3v) is 11.6. The van der Waals surface area contributed by atoms with Gasteiger partial charge in [0, 0.05) is 82.7 Å². The molecule has 1 aromatic heterocycles. The van der Waals surface area contributed by atoms with E-state index in [0.717, 1.165) is 57.7 Å². The number of aromatic nitrogens is 1. The number of benzene rings is 2. The summed E-state index contributed by atoms with van der Waals surface area (Å²) in [5, 5.41) is 0.989. The Hall–Kier alpha value is -3.90. The highest BCUT2D eigenvalue weighted by Crippen LogP contribution is 2.55. The molecule has 6 rings (SSSR count). The zero-order valence-corrected chi connectivity index (χ0v) is 28.2. The molecule has 12 heteroatoms. The molecular formula is C34H43N5O6S. The lowest BCUT2D eigenvalue weighted by atomic mass is 9.72. The van der Waals surface area contributed by atoms with Crippen molar-refractivity contribution in [2.45, 2.75) is 57.4 Å². The fraction of sp³-hybridized carbons (Fsp3) is 0.500. The fourth-order valence-electron chi connectivity index (χ4n) is 7.93. The Morgan fingerprint density at radius 3 is 2.33 bits per heavy atom. The summed E-state index contributed by atoms with van der Waals surface area (Å²) in [5.41, 5.74) is 4.14. The predicted octanol–water partition coefficient (Wildman–Crippen LogP) is 3.93. The number of nitrogens with zero attached hydrogens (tertiary/aromatic N) is 4. The smallest absolute Gasteiger partial charge is 0.303 e. The Kier molecular flexibility index (Phi) is 8.17. The highest BCUT2D eigenvalue weighted by molar-refractivity contribution is 7.87. The predicted molar refractivity (Wildman–Crippen MR) is 176 cm³/mol. The number of rotatable bonds is 6. The van der Waals surface area contributed by atoms with Crippen LogP contribution >= 0.6 is 0 Å². The molecule has 2 atom stereocenters. The molecule has 1 N–H and O–H groups in total. The molecule has 1 saturated heterocycles. The van der Waals surface area contributed by atoms with E-state index in [1.165, 1.54) is 33.0 Å². The zero-order chi connectivity index (χ0) is 33.1. The summed E-state index contributed by atoms with van der Waals surface area (Å²) in [6, 6.07) is 11.4. The second kappa shape index (κ2) is 11.7. The molecule has 2 aromatic carbocycles. The number of carbonyl (C=O) groups is 3. The van der Waals surface area contributed by atoms with E-state index in [-0.39, 0.29) is 42.3 Å². The Morgan fingerprint density at radius 1 is 0.978 bits per heavy atom. The van der Waals surface area contributed by atoms with E-state index in [2.05, 4.69) is 15.4 Å². The van der Waals surface area contributed by atoms with Gasteiger partial charge in [-0.05, 0) is 60.2 Å². The minimum atomic E-state index is -4.01. The highest BCUT2D eigenvalue weighted by atomic mass is 32.2. The molecule has 11 nitrogen and oxygen atoms in total. The van der Waals surface area contributed by atoms with Crippen LogP contribution in [0.3, 0.4) is 0 Å². The lowest BCUT2D eigenvalue weighted by Gasteiger charge is -2.35. The minimum Gasteiger partial charge on any atom is -0.497 e. The number of carbonyl (C=O) groups excluding carboxylic acids is 3.